The fraction of sp³-hybridized carbons (Fsp3) is 0.458. The van der Waals surface area contributed by atoms with Gasteiger partial charge in [0.25, 0.3) is 0 Å². The molecule has 0 fully saturated rings. The fourth-order valence-corrected chi connectivity index (χ4v) is 3.54. The molecule has 0 heterocycles. The molecule has 0 radical (unpaired) electrons. The van der Waals surface area contributed by atoms with Crippen molar-refractivity contribution in [1.82, 2.24) is 10.6 Å². The Morgan fingerprint density at radius 2 is 1.77 bits per heavy atom. The monoisotopic (exact) mass is 445 g/mol. The van der Waals surface area contributed by atoms with E-state index in [0.717, 1.165) is 42.2 Å². The van der Waals surface area contributed by atoms with Crippen molar-refractivity contribution < 1.29 is 13.2 Å². The summed E-state index contributed by atoms with van der Waals surface area (Å²) in [6, 6.07) is 15.0. The van der Waals surface area contributed by atoms with Gasteiger partial charge in [0.05, 0.1) is 18.0 Å². The summed E-state index contributed by atoms with van der Waals surface area (Å²) in [4.78, 5) is 5.04. The number of rotatable bonds is 11. The first-order valence-corrected chi connectivity index (χ1v) is 12.7. The van der Waals surface area contributed by atoms with Crippen LogP contribution in [0.4, 0.5) is 0 Å². The summed E-state index contributed by atoms with van der Waals surface area (Å²) in [5, 5.41) is 6.61. The number of nitrogens with zero attached hydrogens (tertiary/aromatic N) is 1. The van der Waals surface area contributed by atoms with Crippen molar-refractivity contribution in [2.45, 2.75) is 45.1 Å². The quantitative estimate of drug-likeness (QED) is 0.406. The van der Waals surface area contributed by atoms with Crippen LogP contribution < -0.4 is 15.4 Å². The minimum atomic E-state index is -3.16. The van der Waals surface area contributed by atoms with Gasteiger partial charge in [-0.15, -0.1) is 0 Å². The molecule has 0 spiro atoms. The van der Waals surface area contributed by atoms with Crippen LogP contribution in [0.5, 0.6) is 5.75 Å². The van der Waals surface area contributed by atoms with E-state index in [0.29, 0.717) is 30.5 Å². The van der Waals surface area contributed by atoms with Gasteiger partial charge >= 0.3 is 0 Å². The Labute approximate surface area is 187 Å². The van der Waals surface area contributed by atoms with E-state index in [1.165, 1.54) is 6.26 Å². The number of ether oxygens (including phenoxy) is 1. The second kappa shape index (κ2) is 12.3. The lowest BCUT2D eigenvalue weighted by atomic mass is 10.1. The molecule has 2 aromatic rings. The van der Waals surface area contributed by atoms with E-state index in [-0.39, 0.29) is 0 Å². The van der Waals surface area contributed by atoms with E-state index in [9.17, 15) is 8.42 Å². The molecule has 0 bridgehead atoms. The van der Waals surface area contributed by atoms with Gasteiger partial charge in [-0.05, 0) is 49.4 Å². The van der Waals surface area contributed by atoms with Gasteiger partial charge in [-0.3, -0.25) is 0 Å². The summed E-state index contributed by atoms with van der Waals surface area (Å²) >= 11 is 0. The highest BCUT2D eigenvalue weighted by Crippen LogP contribution is 2.19. The molecule has 0 amide bonds. The standard InChI is InChI=1S/C24H35N3O3S/c1-5-25-24(26-16-14-20-10-12-22(13-11-20)31(4,28)29)27-18-21-8-6-7-9-23(21)30-17-15-19(2)3/h6-13,19H,5,14-18H2,1-4H3,(H2,25,26,27). The Morgan fingerprint density at radius 1 is 1.06 bits per heavy atom. The normalized spacial score (nSPS) is 12.1. The fourth-order valence-electron chi connectivity index (χ4n) is 2.91. The first-order chi connectivity index (χ1) is 14.8. The van der Waals surface area contributed by atoms with Crippen molar-refractivity contribution in [3.05, 3.63) is 59.7 Å². The molecule has 0 saturated carbocycles. The van der Waals surface area contributed by atoms with Crippen LogP contribution in [0.2, 0.25) is 0 Å². The molecule has 0 aliphatic carbocycles. The number of hydrogen-bond donors (Lipinski definition) is 2. The minimum Gasteiger partial charge on any atom is -0.493 e. The average Bonchev–Trinajstić information content (AvgIpc) is 2.72. The highest BCUT2D eigenvalue weighted by Gasteiger charge is 2.07. The van der Waals surface area contributed by atoms with Crippen LogP contribution in [0.1, 0.15) is 38.3 Å². The zero-order chi connectivity index (χ0) is 22.7. The second-order valence-corrected chi connectivity index (χ2v) is 9.94. The molecule has 31 heavy (non-hydrogen) atoms. The lowest BCUT2D eigenvalue weighted by Gasteiger charge is -2.14. The van der Waals surface area contributed by atoms with Gasteiger partial charge in [0.2, 0.25) is 0 Å². The van der Waals surface area contributed by atoms with Gasteiger partial charge in [0.15, 0.2) is 15.8 Å². The Morgan fingerprint density at radius 3 is 2.42 bits per heavy atom. The summed E-state index contributed by atoms with van der Waals surface area (Å²) in [6.45, 7) is 9.09. The highest BCUT2D eigenvalue weighted by atomic mass is 32.2. The number of para-hydroxylation sites is 1. The summed E-state index contributed by atoms with van der Waals surface area (Å²) in [5.41, 5.74) is 2.12. The van der Waals surface area contributed by atoms with E-state index < -0.39 is 9.84 Å². The molecule has 0 atom stereocenters. The molecule has 170 valence electrons. The number of sulfone groups is 1. The van der Waals surface area contributed by atoms with Crippen molar-refractivity contribution in [2.24, 2.45) is 10.9 Å². The van der Waals surface area contributed by atoms with Crippen molar-refractivity contribution in [3.63, 3.8) is 0 Å². The van der Waals surface area contributed by atoms with Crippen LogP contribution in [0.3, 0.4) is 0 Å². The third-order valence-corrected chi connectivity index (χ3v) is 5.86. The second-order valence-electron chi connectivity index (χ2n) is 7.93. The van der Waals surface area contributed by atoms with Crippen molar-refractivity contribution >= 4 is 15.8 Å². The molecule has 2 aromatic carbocycles. The molecule has 6 nitrogen and oxygen atoms in total. The molecule has 7 heteroatoms. The van der Waals surface area contributed by atoms with Gasteiger partial charge in [0, 0.05) is 24.9 Å². The highest BCUT2D eigenvalue weighted by molar-refractivity contribution is 7.90. The summed E-state index contributed by atoms with van der Waals surface area (Å²) in [5.74, 6) is 2.23. The van der Waals surface area contributed by atoms with Crippen LogP contribution in [0.25, 0.3) is 0 Å². The zero-order valence-corrected chi connectivity index (χ0v) is 19.8. The molecule has 0 aliphatic rings. The molecular weight excluding hydrogens is 410 g/mol. The Hall–Kier alpha value is -2.54. The van der Waals surface area contributed by atoms with Gasteiger partial charge in [-0.2, -0.15) is 0 Å². The topological polar surface area (TPSA) is 79.8 Å². The third-order valence-electron chi connectivity index (χ3n) is 4.73. The van der Waals surface area contributed by atoms with Crippen molar-refractivity contribution in [3.8, 4) is 5.75 Å². The Balaban J connectivity index is 1.93. The van der Waals surface area contributed by atoms with Crippen LogP contribution in [-0.2, 0) is 22.8 Å². The SMILES string of the molecule is CCNC(=NCc1ccccc1OCCC(C)C)NCCc1ccc(S(C)(=O)=O)cc1. The van der Waals surface area contributed by atoms with E-state index in [1.54, 1.807) is 12.1 Å². The molecule has 2 rings (SSSR count). The first-order valence-electron chi connectivity index (χ1n) is 10.8. The van der Waals surface area contributed by atoms with Crippen LogP contribution in [0.15, 0.2) is 58.4 Å². The number of benzene rings is 2. The maximum atomic E-state index is 11.6. The Kier molecular flexibility index (Phi) is 9.85. The van der Waals surface area contributed by atoms with Crippen LogP contribution in [-0.4, -0.2) is 40.3 Å². The van der Waals surface area contributed by atoms with E-state index in [1.807, 2.05) is 43.3 Å². The predicted octanol–water partition coefficient (Wildman–Crippen LogP) is 3.81. The smallest absolute Gasteiger partial charge is 0.191 e. The van der Waals surface area contributed by atoms with Gasteiger partial charge < -0.3 is 15.4 Å². The lowest BCUT2D eigenvalue weighted by Crippen LogP contribution is -2.38. The molecule has 0 aliphatic heterocycles. The number of guanidine groups is 1. The van der Waals surface area contributed by atoms with E-state index in [2.05, 4.69) is 24.5 Å². The molecule has 2 N–H and O–H groups in total. The molecule has 0 aromatic heterocycles. The molecule has 0 unspecified atom stereocenters. The minimum absolute atomic E-state index is 0.341. The maximum absolute atomic E-state index is 11.6. The molecular formula is C24H35N3O3S. The van der Waals surface area contributed by atoms with Gasteiger partial charge in [-0.1, -0.05) is 44.2 Å². The molecule has 0 saturated heterocycles. The maximum Gasteiger partial charge on any atom is 0.191 e. The van der Waals surface area contributed by atoms with E-state index in [4.69, 9.17) is 9.73 Å². The number of nitrogens with one attached hydrogen (secondary N) is 2. The zero-order valence-electron chi connectivity index (χ0n) is 19.0. The first kappa shape index (κ1) is 24.7. The Bertz CT molecular complexity index is 939. The summed E-state index contributed by atoms with van der Waals surface area (Å²) in [7, 11) is -3.16. The number of hydrogen-bond acceptors (Lipinski definition) is 4. The third kappa shape index (κ3) is 9.00. The summed E-state index contributed by atoms with van der Waals surface area (Å²) < 4.78 is 29.1. The van der Waals surface area contributed by atoms with E-state index >= 15 is 0 Å². The van der Waals surface area contributed by atoms with Crippen LogP contribution >= 0.6 is 0 Å². The van der Waals surface area contributed by atoms with Gasteiger partial charge in [-0.25, -0.2) is 13.4 Å². The average molecular weight is 446 g/mol. The van der Waals surface area contributed by atoms with Crippen molar-refractivity contribution in [1.29, 1.82) is 0 Å². The largest absolute Gasteiger partial charge is 0.493 e. The predicted molar refractivity (Wildman–Crippen MR) is 127 cm³/mol. The van der Waals surface area contributed by atoms with Gasteiger partial charge in [0.1, 0.15) is 5.75 Å². The summed E-state index contributed by atoms with van der Waals surface area (Å²) in [6.07, 6.45) is 3.01. The number of aliphatic imine (C=N–C) groups is 1. The van der Waals surface area contributed by atoms with Crippen LogP contribution in [0, 0.1) is 5.92 Å². The van der Waals surface area contributed by atoms with Crippen molar-refractivity contribution in [2.75, 3.05) is 26.0 Å². The lowest BCUT2D eigenvalue weighted by molar-refractivity contribution is 0.287.